The van der Waals surface area contributed by atoms with Gasteiger partial charge in [0.15, 0.2) is 0 Å². The monoisotopic (exact) mass is 272 g/mol. The zero-order chi connectivity index (χ0) is 13.0. The minimum absolute atomic E-state index is 0.166. The highest BCUT2D eigenvalue weighted by molar-refractivity contribution is 6.30. The number of morpholine rings is 1. The lowest BCUT2D eigenvalue weighted by molar-refractivity contribution is -0.0338. The predicted molar refractivity (Wildman–Crippen MR) is 70.1 cm³/mol. The molecule has 1 aliphatic rings. The van der Waals surface area contributed by atoms with Gasteiger partial charge in [0, 0.05) is 30.2 Å². The normalized spacial score (nSPS) is 21.2. The molecule has 18 heavy (non-hydrogen) atoms. The Morgan fingerprint density at radius 1 is 1.50 bits per heavy atom. The fourth-order valence-electron chi connectivity index (χ4n) is 2.18. The number of halogens is 2. The van der Waals surface area contributed by atoms with E-state index in [0.29, 0.717) is 30.3 Å². The van der Waals surface area contributed by atoms with Gasteiger partial charge in [-0.05, 0) is 25.1 Å². The van der Waals surface area contributed by atoms with Crippen molar-refractivity contribution in [2.45, 2.75) is 19.1 Å². The van der Waals surface area contributed by atoms with Crippen molar-refractivity contribution >= 4 is 11.6 Å². The summed E-state index contributed by atoms with van der Waals surface area (Å²) in [6, 6.07) is 4.82. The molecule has 100 valence electrons. The van der Waals surface area contributed by atoms with Crippen molar-refractivity contribution in [3.63, 3.8) is 0 Å². The maximum Gasteiger partial charge on any atom is 0.129 e. The quantitative estimate of drug-likeness (QED) is 0.912. The Hall–Kier alpha value is -0.680. The lowest BCUT2D eigenvalue weighted by atomic mass is 10.1. The van der Waals surface area contributed by atoms with Crippen LogP contribution in [0, 0.1) is 5.82 Å². The number of benzene rings is 1. The Kier molecular flexibility index (Phi) is 4.95. The van der Waals surface area contributed by atoms with Crippen molar-refractivity contribution in [1.82, 2.24) is 4.90 Å². The molecule has 0 saturated carbocycles. The van der Waals surface area contributed by atoms with Gasteiger partial charge < -0.3 is 10.5 Å². The highest BCUT2D eigenvalue weighted by atomic mass is 35.5. The van der Waals surface area contributed by atoms with Crippen LogP contribution in [0.15, 0.2) is 18.2 Å². The second kappa shape index (κ2) is 6.48. The Labute approximate surface area is 112 Å². The van der Waals surface area contributed by atoms with Gasteiger partial charge in [-0.1, -0.05) is 17.7 Å². The number of nitrogens with zero attached hydrogens (tertiary/aromatic N) is 1. The van der Waals surface area contributed by atoms with E-state index in [4.69, 9.17) is 22.1 Å². The smallest absolute Gasteiger partial charge is 0.129 e. The van der Waals surface area contributed by atoms with Gasteiger partial charge in [0.05, 0.1) is 12.7 Å². The van der Waals surface area contributed by atoms with Crippen LogP contribution in [0.1, 0.15) is 12.0 Å². The first-order valence-corrected chi connectivity index (χ1v) is 6.55. The summed E-state index contributed by atoms with van der Waals surface area (Å²) in [6.07, 6.45) is 1.01. The summed E-state index contributed by atoms with van der Waals surface area (Å²) in [6.45, 7) is 3.52. The first-order chi connectivity index (χ1) is 8.69. The zero-order valence-electron chi connectivity index (χ0n) is 10.2. The van der Waals surface area contributed by atoms with E-state index in [2.05, 4.69) is 4.90 Å². The number of rotatable bonds is 4. The average molecular weight is 273 g/mol. The third-order valence-electron chi connectivity index (χ3n) is 3.12. The molecule has 0 aliphatic carbocycles. The van der Waals surface area contributed by atoms with Gasteiger partial charge in [0.2, 0.25) is 0 Å². The summed E-state index contributed by atoms with van der Waals surface area (Å²) >= 11 is 5.74. The molecule has 1 aromatic carbocycles. The van der Waals surface area contributed by atoms with Crippen LogP contribution in [-0.2, 0) is 11.3 Å². The minimum atomic E-state index is -0.246. The van der Waals surface area contributed by atoms with Crippen molar-refractivity contribution in [2.75, 3.05) is 26.2 Å². The van der Waals surface area contributed by atoms with Gasteiger partial charge in [0.1, 0.15) is 5.82 Å². The lowest BCUT2D eigenvalue weighted by Gasteiger charge is -2.32. The average Bonchev–Trinajstić information content (AvgIpc) is 2.34. The molecule has 0 spiro atoms. The second-order valence-corrected chi connectivity index (χ2v) is 4.98. The third kappa shape index (κ3) is 3.65. The summed E-state index contributed by atoms with van der Waals surface area (Å²) in [5.74, 6) is -0.246. The van der Waals surface area contributed by atoms with Crippen LogP contribution in [0.3, 0.4) is 0 Å². The zero-order valence-corrected chi connectivity index (χ0v) is 11.0. The predicted octanol–water partition coefficient (Wildman–Crippen LogP) is 2.03. The first-order valence-electron chi connectivity index (χ1n) is 6.17. The molecule has 1 saturated heterocycles. The van der Waals surface area contributed by atoms with Gasteiger partial charge in [0.25, 0.3) is 0 Å². The summed E-state index contributed by atoms with van der Waals surface area (Å²) in [7, 11) is 0. The molecule has 5 heteroatoms. The molecule has 1 fully saturated rings. The number of ether oxygens (including phenoxy) is 1. The molecule has 1 atom stereocenters. The van der Waals surface area contributed by atoms with Crippen LogP contribution in [0.4, 0.5) is 4.39 Å². The topological polar surface area (TPSA) is 38.5 Å². The maximum atomic E-state index is 13.7. The Bertz CT molecular complexity index is 401. The van der Waals surface area contributed by atoms with E-state index in [0.717, 1.165) is 19.5 Å². The van der Waals surface area contributed by atoms with Gasteiger partial charge in [-0.15, -0.1) is 0 Å². The number of hydrogen-bond donors (Lipinski definition) is 1. The van der Waals surface area contributed by atoms with Crippen molar-refractivity contribution in [3.05, 3.63) is 34.6 Å². The molecular weight excluding hydrogens is 255 g/mol. The molecule has 2 rings (SSSR count). The highest BCUT2D eigenvalue weighted by Gasteiger charge is 2.20. The maximum absolute atomic E-state index is 13.7. The summed E-state index contributed by atoms with van der Waals surface area (Å²) in [5, 5.41) is 0.430. The van der Waals surface area contributed by atoms with E-state index in [9.17, 15) is 4.39 Å². The second-order valence-electron chi connectivity index (χ2n) is 4.54. The van der Waals surface area contributed by atoms with Crippen LogP contribution in [-0.4, -0.2) is 37.2 Å². The molecule has 0 radical (unpaired) electrons. The summed E-state index contributed by atoms with van der Waals surface area (Å²) in [4.78, 5) is 2.19. The molecule has 3 nitrogen and oxygen atoms in total. The number of nitrogens with two attached hydrogens (primary N) is 1. The Morgan fingerprint density at radius 2 is 2.33 bits per heavy atom. The Balaban J connectivity index is 1.96. The largest absolute Gasteiger partial charge is 0.376 e. The molecule has 0 unspecified atom stereocenters. The summed E-state index contributed by atoms with van der Waals surface area (Å²) in [5.41, 5.74) is 6.20. The van der Waals surface area contributed by atoms with E-state index in [-0.39, 0.29) is 11.9 Å². The molecule has 1 heterocycles. The Morgan fingerprint density at radius 3 is 3.06 bits per heavy atom. The van der Waals surface area contributed by atoms with Crippen molar-refractivity contribution < 1.29 is 9.13 Å². The SMILES string of the molecule is NCC[C@H]1CN(Cc2ccc(Cl)cc2F)CCO1. The number of hydrogen-bond acceptors (Lipinski definition) is 3. The van der Waals surface area contributed by atoms with Crippen molar-refractivity contribution in [1.29, 1.82) is 0 Å². The van der Waals surface area contributed by atoms with Gasteiger partial charge in [-0.25, -0.2) is 4.39 Å². The highest BCUT2D eigenvalue weighted by Crippen LogP contribution is 2.18. The van der Waals surface area contributed by atoms with Crippen LogP contribution in [0.25, 0.3) is 0 Å². The molecule has 2 N–H and O–H groups in total. The molecule has 0 bridgehead atoms. The van der Waals surface area contributed by atoms with Gasteiger partial charge in [-0.3, -0.25) is 4.90 Å². The minimum Gasteiger partial charge on any atom is -0.376 e. The van der Waals surface area contributed by atoms with Crippen LogP contribution >= 0.6 is 11.6 Å². The molecule has 1 aliphatic heterocycles. The molecular formula is C13H18ClFN2O. The van der Waals surface area contributed by atoms with Crippen LogP contribution in [0.2, 0.25) is 5.02 Å². The first kappa shape index (κ1) is 13.7. The van der Waals surface area contributed by atoms with E-state index >= 15 is 0 Å². The molecule has 0 aromatic heterocycles. The van der Waals surface area contributed by atoms with Crippen molar-refractivity contribution in [3.8, 4) is 0 Å². The molecule has 1 aromatic rings. The van der Waals surface area contributed by atoms with Crippen LogP contribution in [0.5, 0.6) is 0 Å². The fraction of sp³-hybridized carbons (Fsp3) is 0.538. The third-order valence-corrected chi connectivity index (χ3v) is 3.36. The lowest BCUT2D eigenvalue weighted by Crippen LogP contribution is -2.42. The van der Waals surface area contributed by atoms with E-state index in [1.54, 1.807) is 12.1 Å². The van der Waals surface area contributed by atoms with Gasteiger partial charge in [-0.2, -0.15) is 0 Å². The van der Waals surface area contributed by atoms with Crippen molar-refractivity contribution in [2.24, 2.45) is 5.73 Å². The fourth-order valence-corrected chi connectivity index (χ4v) is 2.33. The van der Waals surface area contributed by atoms with Gasteiger partial charge >= 0.3 is 0 Å². The summed E-state index contributed by atoms with van der Waals surface area (Å²) < 4.78 is 19.3. The van der Waals surface area contributed by atoms with E-state index < -0.39 is 0 Å². The van der Waals surface area contributed by atoms with Crippen LogP contribution < -0.4 is 5.73 Å². The molecule has 0 amide bonds. The standard InChI is InChI=1S/C13H18ClFN2O/c14-11-2-1-10(13(15)7-11)8-17-5-6-18-12(9-17)3-4-16/h1-2,7,12H,3-6,8-9,16H2/t12-/m0/s1. The van der Waals surface area contributed by atoms with E-state index in [1.165, 1.54) is 6.07 Å². The van der Waals surface area contributed by atoms with E-state index in [1.807, 2.05) is 0 Å².